The standard InChI is InChI=1S/C14H14BrClN2O/c1-2-18(9-10-4-3-5-12(16)6-10)14(19)13-7-11(15)8-17-13/h3-8,17H,2,9H2,1H3. The van der Waals surface area contributed by atoms with Gasteiger partial charge in [-0.2, -0.15) is 0 Å². The number of H-pyrrole nitrogens is 1. The van der Waals surface area contributed by atoms with Crippen molar-refractivity contribution in [3.63, 3.8) is 0 Å². The van der Waals surface area contributed by atoms with Crippen LogP contribution in [-0.2, 0) is 6.54 Å². The molecule has 2 aromatic rings. The smallest absolute Gasteiger partial charge is 0.270 e. The lowest BCUT2D eigenvalue weighted by Gasteiger charge is -2.20. The van der Waals surface area contributed by atoms with Crippen molar-refractivity contribution in [1.29, 1.82) is 0 Å². The minimum Gasteiger partial charge on any atom is -0.356 e. The summed E-state index contributed by atoms with van der Waals surface area (Å²) in [5.74, 6) is -0.0202. The number of rotatable bonds is 4. The number of carbonyl (C=O) groups is 1. The Kier molecular flexibility index (Phi) is 4.66. The largest absolute Gasteiger partial charge is 0.356 e. The molecule has 0 aliphatic carbocycles. The molecule has 5 heteroatoms. The van der Waals surface area contributed by atoms with Crippen molar-refractivity contribution in [2.75, 3.05) is 6.54 Å². The van der Waals surface area contributed by atoms with Crippen molar-refractivity contribution in [3.05, 3.63) is 57.3 Å². The van der Waals surface area contributed by atoms with Gasteiger partial charge in [0.15, 0.2) is 0 Å². The first-order valence-corrected chi connectivity index (χ1v) is 7.15. The first-order valence-electron chi connectivity index (χ1n) is 5.97. The third-order valence-corrected chi connectivity index (χ3v) is 3.50. The number of halogens is 2. The highest BCUT2D eigenvalue weighted by Crippen LogP contribution is 2.16. The van der Waals surface area contributed by atoms with Crippen LogP contribution in [0.25, 0.3) is 0 Å². The molecule has 1 N–H and O–H groups in total. The molecule has 0 aliphatic rings. The second kappa shape index (κ2) is 6.26. The summed E-state index contributed by atoms with van der Waals surface area (Å²) < 4.78 is 0.870. The van der Waals surface area contributed by atoms with Gasteiger partial charge in [-0.25, -0.2) is 0 Å². The highest BCUT2D eigenvalue weighted by atomic mass is 79.9. The molecule has 1 aromatic carbocycles. The van der Waals surface area contributed by atoms with E-state index in [0.717, 1.165) is 10.0 Å². The van der Waals surface area contributed by atoms with Crippen LogP contribution in [0.3, 0.4) is 0 Å². The monoisotopic (exact) mass is 340 g/mol. The molecule has 0 spiro atoms. The number of hydrogen-bond donors (Lipinski definition) is 1. The zero-order chi connectivity index (χ0) is 13.8. The molecule has 0 bridgehead atoms. The van der Waals surface area contributed by atoms with E-state index in [0.29, 0.717) is 23.8 Å². The first-order chi connectivity index (χ1) is 9.10. The summed E-state index contributed by atoms with van der Waals surface area (Å²) in [5.41, 5.74) is 1.60. The van der Waals surface area contributed by atoms with Gasteiger partial charge < -0.3 is 9.88 Å². The van der Waals surface area contributed by atoms with Crippen LogP contribution in [0.5, 0.6) is 0 Å². The van der Waals surface area contributed by atoms with Gasteiger partial charge in [0.2, 0.25) is 0 Å². The van der Waals surface area contributed by atoms with Gasteiger partial charge in [0.1, 0.15) is 5.69 Å². The third kappa shape index (κ3) is 3.61. The van der Waals surface area contributed by atoms with Gasteiger partial charge in [-0.1, -0.05) is 23.7 Å². The Morgan fingerprint density at radius 3 is 2.79 bits per heavy atom. The summed E-state index contributed by atoms with van der Waals surface area (Å²) in [6.07, 6.45) is 1.75. The Balaban J connectivity index is 2.14. The van der Waals surface area contributed by atoms with E-state index in [1.54, 1.807) is 17.2 Å². The Morgan fingerprint density at radius 1 is 1.42 bits per heavy atom. The lowest BCUT2D eigenvalue weighted by atomic mass is 10.2. The number of nitrogens with one attached hydrogen (secondary N) is 1. The van der Waals surface area contributed by atoms with E-state index in [1.807, 2.05) is 31.2 Å². The molecule has 0 atom stereocenters. The summed E-state index contributed by atoms with van der Waals surface area (Å²) in [6.45, 7) is 3.15. The van der Waals surface area contributed by atoms with Gasteiger partial charge in [0, 0.05) is 28.8 Å². The summed E-state index contributed by atoms with van der Waals surface area (Å²) in [6, 6.07) is 9.34. The highest BCUT2D eigenvalue weighted by molar-refractivity contribution is 9.10. The van der Waals surface area contributed by atoms with Crippen molar-refractivity contribution in [2.24, 2.45) is 0 Å². The van der Waals surface area contributed by atoms with Crippen LogP contribution in [0.1, 0.15) is 23.0 Å². The lowest BCUT2D eigenvalue weighted by Crippen LogP contribution is -2.30. The maximum atomic E-state index is 12.3. The first kappa shape index (κ1) is 14.2. The molecule has 0 saturated carbocycles. The van der Waals surface area contributed by atoms with E-state index in [2.05, 4.69) is 20.9 Å². The van der Waals surface area contributed by atoms with E-state index >= 15 is 0 Å². The molecule has 1 heterocycles. The van der Waals surface area contributed by atoms with Crippen LogP contribution in [0.4, 0.5) is 0 Å². The number of aromatic nitrogens is 1. The maximum Gasteiger partial charge on any atom is 0.270 e. The Morgan fingerprint density at radius 2 is 2.21 bits per heavy atom. The zero-order valence-corrected chi connectivity index (χ0v) is 12.8. The molecular weight excluding hydrogens is 328 g/mol. The number of aromatic amines is 1. The molecule has 0 fully saturated rings. The molecule has 100 valence electrons. The van der Waals surface area contributed by atoms with Gasteiger partial charge in [-0.15, -0.1) is 0 Å². The number of carbonyl (C=O) groups excluding carboxylic acids is 1. The van der Waals surface area contributed by atoms with Crippen molar-refractivity contribution in [3.8, 4) is 0 Å². The van der Waals surface area contributed by atoms with Crippen LogP contribution in [-0.4, -0.2) is 22.3 Å². The second-order valence-electron chi connectivity index (χ2n) is 4.18. The molecular formula is C14H14BrClN2O. The average molecular weight is 342 g/mol. The van der Waals surface area contributed by atoms with Crippen molar-refractivity contribution < 1.29 is 4.79 Å². The van der Waals surface area contributed by atoms with Gasteiger partial charge in [-0.05, 0) is 46.6 Å². The van der Waals surface area contributed by atoms with Gasteiger partial charge in [0.05, 0.1) is 0 Å². The van der Waals surface area contributed by atoms with Crippen LogP contribution < -0.4 is 0 Å². The van der Waals surface area contributed by atoms with Crippen LogP contribution in [0.15, 0.2) is 41.0 Å². The van der Waals surface area contributed by atoms with Crippen LogP contribution in [0.2, 0.25) is 5.02 Å². The van der Waals surface area contributed by atoms with E-state index in [4.69, 9.17) is 11.6 Å². The molecule has 1 amide bonds. The summed E-state index contributed by atoms with van der Waals surface area (Å²) in [7, 11) is 0. The quantitative estimate of drug-likeness (QED) is 0.893. The Labute approximate surface area is 125 Å². The van der Waals surface area contributed by atoms with Gasteiger partial charge in [-0.3, -0.25) is 4.79 Å². The molecule has 0 unspecified atom stereocenters. The van der Waals surface area contributed by atoms with Gasteiger partial charge >= 0.3 is 0 Å². The molecule has 19 heavy (non-hydrogen) atoms. The molecule has 0 saturated heterocycles. The van der Waals surface area contributed by atoms with Crippen molar-refractivity contribution >= 4 is 33.4 Å². The third-order valence-electron chi connectivity index (χ3n) is 2.81. The van der Waals surface area contributed by atoms with E-state index < -0.39 is 0 Å². The van der Waals surface area contributed by atoms with Crippen molar-refractivity contribution in [2.45, 2.75) is 13.5 Å². The normalized spacial score (nSPS) is 10.5. The number of amides is 1. The SMILES string of the molecule is CCN(Cc1cccc(Cl)c1)C(=O)c1cc(Br)c[nH]1. The maximum absolute atomic E-state index is 12.3. The fourth-order valence-electron chi connectivity index (χ4n) is 1.84. The topological polar surface area (TPSA) is 36.1 Å². The Bertz CT molecular complexity index is 582. The zero-order valence-electron chi connectivity index (χ0n) is 10.5. The number of benzene rings is 1. The van der Waals surface area contributed by atoms with Crippen LogP contribution >= 0.6 is 27.5 Å². The predicted molar refractivity (Wildman–Crippen MR) is 80.4 cm³/mol. The summed E-state index contributed by atoms with van der Waals surface area (Å²) >= 11 is 9.28. The minimum absolute atomic E-state index is 0.0202. The predicted octanol–water partition coefficient (Wildman–Crippen LogP) is 4.09. The highest BCUT2D eigenvalue weighted by Gasteiger charge is 2.16. The number of nitrogens with zero attached hydrogens (tertiary/aromatic N) is 1. The van der Waals surface area contributed by atoms with E-state index in [-0.39, 0.29) is 5.91 Å². The minimum atomic E-state index is -0.0202. The fraction of sp³-hybridized carbons (Fsp3) is 0.214. The molecule has 2 rings (SSSR count). The summed E-state index contributed by atoms with van der Waals surface area (Å²) in [5, 5.41) is 0.684. The van der Waals surface area contributed by atoms with E-state index in [9.17, 15) is 4.79 Å². The Hall–Kier alpha value is -1.26. The van der Waals surface area contributed by atoms with Crippen LogP contribution in [0, 0.1) is 0 Å². The molecule has 0 radical (unpaired) electrons. The average Bonchev–Trinajstić information content (AvgIpc) is 2.82. The molecule has 0 aliphatic heterocycles. The fourth-order valence-corrected chi connectivity index (χ4v) is 2.40. The molecule has 1 aromatic heterocycles. The second-order valence-corrected chi connectivity index (χ2v) is 5.53. The van der Waals surface area contributed by atoms with E-state index in [1.165, 1.54) is 0 Å². The summed E-state index contributed by atoms with van der Waals surface area (Å²) in [4.78, 5) is 17.0. The van der Waals surface area contributed by atoms with Crippen molar-refractivity contribution in [1.82, 2.24) is 9.88 Å². The molecule has 3 nitrogen and oxygen atoms in total. The lowest BCUT2D eigenvalue weighted by molar-refractivity contribution is 0.0747. The number of hydrogen-bond acceptors (Lipinski definition) is 1. The van der Waals surface area contributed by atoms with Gasteiger partial charge in [0.25, 0.3) is 5.91 Å².